The molecule has 0 saturated heterocycles. The van der Waals surface area contributed by atoms with Gasteiger partial charge in [-0.1, -0.05) is 0 Å². The molecule has 2 aromatic heterocycles. The van der Waals surface area contributed by atoms with Crippen molar-refractivity contribution in [1.82, 2.24) is 9.97 Å². The molecule has 0 bridgehead atoms. The number of aryl methyl sites for hydroxylation is 1. The summed E-state index contributed by atoms with van der Waals surface area (Å²) >= 11 is 1.21. The molecule has 0 aliphatic carbocycles. The molecular formula is C20H18N4O7S. The van der Waals surface area contributed by atoms with Crippen LogP contribution < -0.4 is 10.1 Å². The van der Waals surface area contributed by atoms with E-state index in [1.807, 2.05) is 0 Å². The number of anilines is 1. The smallest absolute Gasteiger partial charge is 0.343 e. The number of ether oxygens (including phenoxy) is 2. The molecule has 0 fully saturated rings. The summed E-state index contributed by atoms with van der Waals surface area (Å²) in [6.45, 7) is 0.959. The summed E-state index contributed by atoms with van der Waals surface area (Å²) in [7, 11) is 1.37. The van der Waals surface area contributed by atoms with Crippen LogP contribution in [0.15, 0.2) is 46.0 Å². The van der Waals surface area contributed by atoms with Gasteiger partial charge in [0.1, 0.15) is 22.0 Å². The second-order valence-electron chi connectivity index (χ2n) is 6.26. The van der Waals surface area contributed by atoms with Crippen LogP contribution >= 0.6 is 11.8 Å². The first-order valence-corrected chi connectivity index (χ1v) is 10.3. The largest absolute Gasteiger partial charge is 0.496 e. The van der Waals surface area contributed by atoms with E-state index >= 15 is 0 Å². The van der Waals surface area contributed by atoms with E-state index in [-0.39, 0.29) is 22.7 Å². The molecule has 3 rings (SSSR count). The molecule has 166 valence electrons. The SMILES string of the molecule is COc1ccc(NC(=O)COC(=O)c2c(C)nc(-c3ccco3)nc2SC)c([N+](=O)[O-])c1. The Balaban J connectivity index is 1.72. The third-order valence-electron chi connectivity index (χ3n) is 4.21. The molecular weight excluding hydrogens is 440 g/mol. The molecule has 11 nitrogen and oxygen atoms in total. The molecule has 0 radical (unpaired) electrons. The number of thioether (sulfide) groups is 1. The number of amides is 1. The number of nitro groups is 1. The van der Waals surface area contributed by atoms with Gasteiger partial charge >= 0.3 is 5.97 Å². The molecule has 0 atom stereocenters. The van der Waals surface area contributed by atoms with Gasteiger partial charge in [0.25, 0.3) is 11.6 Å². The minimum absolute atomic E-state index is 0.0519. The van der Waals surface area contributed by atoms with Crippen molar-refractivity contribution in [3.63, 3.8) is 0 Å². The minimum atomic E-state index is -0.794. The number of benzene rings is 1. The average Bonchev–Trinajstić information content (AvgIpc) is 3.32. The van der Waals surface area contributed by atoms with E-state index in [1.54, 1.807) is 25.3 Å². The van der Waals surface area contributed by atoms with Crippen molar-refractivity contribution in [3.8, 4) is 17.3 Å². The lowest BCUT2D eigenvalue weighted by Gasteiger charge is -2.11. The van der Waals surface area contributed by atoms with E-state index in [0.717, 1.165) is 0 Å². The zero-order valence-electron chi connectivity index (χ0n) is 17.3. The topological polar surface area (TPSA) is 147 Å². The predicted octanol–water partition coefficient (Wildman–Crippen LogP) is 3.48. The molecule has 1 amide bonds. The Bertz CT molecular complexity index is 1170. The van der Waals surface area contributed by atoms with Gasteiger partial charge in [0.05, 0.1) is 30.1 Å². The van der Waals surface area contributed by atoms with E-state index < -0.39 is 23.4 Å². The Morgan fingerprint density at radius 3 is 2.69 bits per heavy atom. The number of hydrogen-bond donors (Lipinski definition) is 1. The Morgan fingerprint density at radius 1 is 1.28 bits per heavy atom. The van der Waals surface area contributed by atoms with Gasteiger partial charge in [0.15, 0.2) is 18.2 Å². The van der Waals surface area contributed by atoms with Crippen LogP contribution in [0.2, 0.25) is 0 Å². The van der Waals surface area contributed by atoms with Crippen LogP contribution in [0, 0.1) is 17.0 Å². The quantitative estimate of drug-likeness (QED) is 0.175. The third-order valence-corrected chi connectivity index (χ3v) is 4.89. The summed E-state index contributed by atoms with van der Waals surface area (Å²) < 4.78 is 15.3. The summed E-state index contributed by atoms with van der Waals surface area (Å²) in [6, 6.07) is 7.35. The maximum atomic E-state index is 12.6. The number of nitrogens with zero attached hydrogens (tertiary/aromatic N) is 3. The van der Waals surface area contributed by atoms with Gasteiger partial charge < -0.3 is 19.2 Å². The van der Waals surface area contributed by atoms with Crippen molar-refractivity contribution in [2.45, 2.75) is 11.9 Å². The second-order valence-corrected chi connectivity index (χ2v) is 7.05. The summed E-state index contributed by atoms with van der Waals surface area (Å²) in [5.41, 5.74) is 0.0680. The molecule has 0 aliphatic heterocycles. The highest BCUT2D eigenvalue weighted by atomic mass is 32.2. The maximum Gasteiger partial charge on any atom is 0.343 e. The molecule has 0 aliphatic rings. The molecule has 12 heteroatoms. The van der Waals surface area contributed by atoms with Crippen molar-refractivity contribution in [1.29, 1.82) is 0 Å². The lowest BCUT2D eigenvalue weighted by molar-refractivity contribution is -0.384. The van der Waals surface area contributed by atoms with Gasteiger partial charge in [0.2, 0.25) is 0 Å². The predicted molar refractivity (Wildman–Crippen MR) is 115 cm³/mol. The molecule has 3 aromatic rings. The standard InChI is InChI=1S/C20H18N4O7S/c1-11-17(19(32-3)23-18(21-11)15-5-4-8-30-15)20(26)31-10-16(25)22-13-7-6-12(29-2)9-14(13)24(27)28/h4-9H,10H2,1-3H3,(H,22,25). The summed E-state index contributed by atoms with van der Waals surface area (Å²) in [5, 5.41) is 14.0. The zero-order chi connectivity index (χ0) is 23.3. The first-order valence-electron chi connectivity index (χ1n) is 9.10. The first kappa shape index (κ1) is 22.7. The van der Waals surface area contributed by atoms with E-state index in [2.05, 4.69) is 15.3 Å². The highest BCUT2D eigenvalue weighted by Crippen LogP contribution is 2.29. The number of carbonyl (C=O) groups excluding carboxylic acids is 2. The van der Waals surface area contributed by atoms with Crippen LogP contribution in [0.5, 0.6) is 5.75 Å². The van der Waals surface area contributed by atoms with Gasteiger partial charge in [-0.2, -0.15) is 0 Å². The van der Waals surface area contributed by atoms with Gasteiger partial charge in [-0.3, -0.25) is 14.9 Å². The fourth-order valence-electron chi connectivity index (χ4n) is 2.73. The van der Waals surface area contributed by atoms with Gasteiger partial charge in [-0.15, -0.1) is 11.8 Å². The highest BCUT2D eigenvalue weighted by Gasteiger charge is 2.23. The number of furan rings is 1. The van der Waals surface area contributed by atoms with Crippen LogP contribution in [0.1, 0.15) is 16.1 Å². The monoisotopic (exact) mass is 458 g/mol. The molecule has 32 heavy (non-hydrogen) atoms. The first-order chi connectivity index (χ1) is 15.3. The molecule has 0 saturated carbocycles. The summed E-state index contributed by atoms with van der Waals surface area (Å²) in [6.07, 6.45) is 3.22. The van der Waals surface area contributed by atoms with Crippen molar-refractivity contribution in [2.75, 3.05) is 25.3 Å². The number of methoxy groups -OCH3 is 1. The maximum absolute atomic E-state index is 12.6. The van der Waals surface area contributed by atoms with Crippen molar-refractivity contribution in [2.24, 2.45) is 0 Å². The van der Waals surface area contributed by atoms with Crippen LogP contribution in [0.25, 0.3) is 11.6 Å². The van der Waals surface area contributed by atoms with Crippen LogP contribution in [0.3, 0.4) is 0 Å². The highest BCUT2D eigenvalue weighted by molar-refractivity contribution is 7.98. The number of esters is 1. The van der Waals surface area contributed by atoms with Gasteiger partial charge in [-0.05, 0) is 37.4 Å². The van der Waals surface area contributed by atoms with Crippen molar-refractivity contribution < 1.29 is 28.4 Å². The number of nitro benzene ring substituents is 1. The van der Waals surface area contributed by atoms with E-state index in [4.69, 9.17) is 13.9 Å². The molecule has 0 spiro atoms. The zero-order valence-corrected chi connectivity index (χ0v) is 18.1. The van der Waals surface area contributed by atoms with E-state index in [9.17, 15) is 19.7 Å². The van der Waals surface area contributed by atoms with Crippen molar-refractivity contribution >= 4 is 35.0 Å². The number of carbonyl (C=O) groups is 2. The third kappa shape index (κ3) is 5.03. The normalized spacial score (nSPS) is 10.5. The summed E-state index contributed by atoms with van der Waals surface area (Å²) in [5.74, 6) is -0.513. The number of nitrogens with one attached hydrogen (secondary N) is 1. The summed E-state index contributed by atoms with van der Waals surface area (Å²) in [4.78, 5) is 44.0. The molecule has 1 aromatic carbocycles. The Hall–Kier alpha value is -3.93. The number of hydrogen-bond acceptors (Lipinski definition) is 10. The number of rotatable bonds is 8. The molecule has 1 N–H and O–H groups in total. The van der Waals surface area contributed by atoms with Gasteiger partial charge in [-0.25, -0.2) is 14.8 Å². The Morgan fingerprint density at radius 2 is 2.06 bits per heavy atom. The molecule has 0 unspecified atom stereocenters. The Labute approximate surface area is 186 Å². The van der Waals surface area contributed by atoms with Crippen molar-refractivity contribution in [3.05, 3.63) is 58.0 Å². The van der Waals surface area contributed by atoms with E-state index in [0.29, 0.717) is 22.3 Å². The fraction of sp³-hybridized carbons (Fsp3) is 0.200. The van der Waals surface area contributed by atoms with Crippen LogP contribution in [0.4, 0.5) is 11.4 Å². The minimum Gasteiger partial charge on any atom is -0.496 e. The lowest BCUT2D eigenvalue weighted by Crippen LogP contribution is -2.22. The van der Waals surface area contributed by atoms with Gasteiger partial charge in [0, 0.05) is 0 Å². The molecule has 2 heterocycles. The second kappa shape index (κ2) is 9.92. The fourth-order valence-corrected chi connectivity index (χ4v) is 3.34. The van der Waals surface area contributed by atoms with E-state index in [1.165, 1.54) is 43.3 Å². The number of aromatic nitrogens is 2. The van der Waals surface area contributed by atoms with Crippen LogP contribution in [-0.2, 0) is 9.53 Å². The Kier molecular flexibility index (Phi) is 7.05. The average molecular weight is 458 g/mol. The lowest BCUT2D eigenvalue weighted by atomic mass is 10.2. The van der Waals surface area contributed by atoms with Crippen LogP contribution in [-0.4, -0.2) is 46.7 Å².